The molecule has 0 bridgehead atoms. The topological polar surface area (TPSA) is 66.6 Å². The van der Waals surface area contributed by atoms with Crippen LogP contribution >= 0.6 is 0 Å². The lowest BCUT2D eigenvalue weighted by Gasteiger charge is -2.35. The minimum Gasteiger partial charge on any atom is -0.398 e. The first-order valence-corrected chi connectivity index (χ1v) is 6.50. The molecule has 1 saturated heterocycles. The molecule has 18 heavy (non-hydrogen) atoms. The highest BCUT2D eigenvalue weighted by molar-refractivity contribution is 5.99. The predicted molar refractivity (Wildman–Crippen MR) is 71.2 cm³/mol. The fourth-order valence-electron chi connectivity index (χ4n) is 2.56. The third-order valence-corrected chi connectivity index (χ3v) is 3.54. The monoisotopic (exact) mass is 248 g/mol. The van der Waals surface area contributed by atoms with Gasteiger partial charge in [0.1, 0.15) is 0 Å². The molecule has 1 aliphatic heterocycles. The summed E-state index contributed by atoms with van der Waals surface area (Å²) in [4.78, 5) is 14.3. The number of carbonyl (C=O) groups excluding carboxylic acids is 1. The van der Waals surface area contributed by atoms with Crippen LogP contribution < -0.4 is 5.73 Å². The summed E-state index contributed by atoms with van der Waals surface area (Å²) >= 11 is 0. The van der Waals surface area contributed by atoms with Crippen LogP contribution in [0.4, 0.5) is 5.69 Å². The summed E-state index contributed by atoms with van der Waals surface area (Å²) in [7, 11) is 0. The highest BCUT2D eigenvalue weighted by Crippen LogP contribution is 2.23. The number of para-hydroxylation sites is 1. The third kappa shape index (κ3) is 2.64. The van der Waals surface area contributed by atoms with Crippen molar-refractivity contribution in [3.05, 3.63) is 29.8 Å². The van der Waals surface area contributed by atoms with Gasteiger partial charge in [-0.1, -0.05) is 12.1 Å². The molecular weight excluding hydrogens is 228 g/mol. The Labute approximate surface area is 107 Å². The van der Waals surface area contributed by atoms with E-state index in [9.17, 15) is 4.79 Å². The molecule has 0 spiro atoms. The number of hydrogen-bond donors (Lipinski definition) is 2. The molecule has 0 saturated carbocycles. The summed E-state index contributed by atoms with van der Waals surface area (Å²) in [5, 5.41) is 9.08. The summed E-state index contributed by atoms with van der Waals surface area (Å²) in [5.74, 6) is -0.00810. The molecule has 1 atom stereocenters. The fourth-order valence-corrected chi connectivity index (χ4v) is 2.56. The van der Waals surface area contributed by atoms with Crippen LogP contribution in [0.3, 0.4) is 0 Å². The van der Waals surface area contributed by atoms with Crippen molar-refractivity contribution < 1.29 is 9.90 Å². The van der Waals surface area contributed by atoms with Gasteiger partial charge in [0.05, 0.1) is 5.56 Å². The van der Waals surface area contributed by atoms with Crippen LogP contribution in [0, 0.1) is 0 Å². The van der Waals surface area contributed by atoms with Gasteiger partial charge in [-0.2, -0.15) is 0 Å². The SMILES string of the molecule is Nc1ccccc1C(=O)N1CCCCC1CCO. The van der Waals surface area contributed by atoms with Crippen LogP contribution in [-0.2, 0) is 0 Å². The number of likely N-dealkylation sites (tertiary alicyclic amines) is 1. The van der Waals surface area contributed by atoms with Crippen LogP contribution in [0.2, 0.25) is 0 Å². The van der Waals surface area contributed by atoms with Crippen molar-refractivity contribution in [1.29, 1.82) is 0 Å². The molecule has 0 aromatic heterocycles. The van der Waals surface area contributed by atoms with Crippen molar-refractivity contribution in [2.24, 2.45) is 0 Å². The lowest BCUT2D eigenvalue weighted by Crippen LogP contribution is -2.44. The van der Waals surface area contributed by atoms with Crippen LogP contribution in [0.15, 0.2) is 24.3 Å². The Hall–Kier alpha value is -1.55. The van der Waals surface area contributed by atoms with Gasteiger partial charge in [-0.25, -0.2) is 0 Å². The van der Waals surface area contributed by atoms with E-state index in [-0.39, 0.29) is 18.6 Å². The lowest BCUT2D eigenvalue weighted by molar-refractivity contribution is 0.0575. The summed E-state index contributed by atoms with van der Waals surface area (Å²) < 4.78 is 0. The van der Waals surface area contributed by atoms with Crippen molar-refractivity contribution in [2.75, 3.05) is 18.9 Å². The number of piperidine rings is 1. The Bertz CT molecular complexity index is 418. The van der Waals surface area contributed by atoms with Gasteiger partial charge in [0.25, 0.3) is 5.91 Å². The average Bonchev–Trinajstić information content (AvgIpc) is 2.40. The second kappa shape index (κ2) is 5.87. The van der Waals surface area contributed by atoms with Gasteiger partial charge in [-0.05, 0) is 37.8 Å². The Balaban J connectivity index is 2.18. The smallest absolute Gasteiger partial charge is 0.256 e. The van der Waals surface area contributed by atoms with Crippen molar-refractivity contribution in [1.82, 2.24) is 4.90 Å². The maximum absolute atomic E-state index is 12.5. The summed E-state index contributed by atoms with van der Waals surface area (Å²) in [5.41, 5.74) is 6.95. The summed E-state index contributed by atoms with van der Waals surface area (Å²) in [6.45, 7) is 0.885. The van der Waals surface area contributed by atoms with Gasteiger partial charge in [-0.3, -0.25) is 4.79 Å². The number of benzene rings is 1. The first-order valence-electron chi connectivity index (χ1n) is 6.50. The fraction of sp³-hybridized carbons (Fsp3) is 0.500. The van der Waals surface area contributed by atoms with Crippen LogP contribution in [0.1, 0.15) is 36.0 Å². The normalized spacial score (nSPS) is 19.8. The number of amides is 1. The summed E-state index contributed by atoms with van der Waals surface area (Å²) in [6.07, 6.45) is 3.77. The molecular formula is C14H20N2O2. The number of carbonyl (C=O) groups is 1. The number of rotatable bonds is 3. The molecule has 0 radical (unpaired) electrons. The van der Waals surface area contributed by atoms with Gasteiger partial charge in [0.2, 0.25) is 0 Å². The van der Waals surface area contributed by atoms with Gasteiger partial charge >= 0.3 is 0 Å². The van der Waals surface area contributed by atoms with Crippen LogP contribution in [0.25, 0.3) is 0 Å². The van der Waals surface area contributed by atoms with Gasteiger partial charge in [0, 0.05) is 24.9 Å². The van der Waals surface area contributed by atoms with E-state index in [1.54, 1.807) is 12.1 Å². The number of aliphatic hydroxyl groups excluding tert-OH is 1. The zero-order chi connectivity index (χ0) is 13.0. The molecule has 1 heterocycles. The van der Waals surface area contributed by atoms with Crippen LogP contribution in [0.5, 0.6) is 0 Å². The Morgan fingerprint density at radius 3 is 2.89 bits per heavy atom. The Morgan fingerprint density at radius 1 is 1.39 bits per heavy atom. The molecule has 2 rings (SSSR count). The minimum atomic E-state index is -0.00810. The number of anilines is 1. The molecule has 0 aliphatic carbocycles. The Morgan fingerprint density at radius 2 is 2.17 bits per heavy atom. The van der Waals surface area contributed by atoms with Gasteiger partial charge < -0.3 is 15.7 Å². The van der Waals surface area contributed by atoms with E-state index in [0.29, 0.717) is 17.7 Å². The van der Waals surface area contributed by atoms with E-state index >= 15 is 0 Å². The number of nitrogen functional groups attached to an aromatic ring is 1. The van der Waals surface area contributed by atoms with Crippen molar-refractivity contribution >= 4 is 11.6 Å². The molecule has 1 fully saturated rings. The van der Waals surface area contributed by atoms with Crippen molar-refractivity contribution in [2.45, 2.75) is 31.7 Å². The average molecular weight is 248 g/mol. The molecule has 1 aromatic rings. The zero-order valence-electron chi connectivity index (χ0n) is 10.5. The summed E-state index contributed by atoms with van der Waals surface area (Å²) in [6, 6.07) is 7.32. The van der Waals surface area contributed by atoms with E-state index in [4.69, 9.17) is 10.8 Å². The van der Waals surface area contributed by atoms with Crippen molar-refractivity contribution in [3.63, 3.8) is 0 Å². The van der Waals surface area contributed by atoms with E-state index < -0.39 is 0 Å². The number of nitrogens with two attached hydrogens (primary N) is 1. The Kier molecular flexibility index (Phi) is 4.20. The quantitative estimate of drug-likeness (QED) is 0.799. The highest BCUT2D eigenvalue weighted by Gasteiger charge is 2.27. The predicted octanol–water partition coefficient (Wildman–Crippen LogP) is 1.65. The number of aliphatic hydroxyl groups is 1. The largest absolute Gasteiger partial charge is 0.398 e. The molecule has 1 amide bonds. The molecule has 1 aliphatic rings. The maximum Gasteiger partial charge on any atom is 0.256 e. The first kappa shape index (κ1) is 12.9. The molecule has 98 valence electrons. The van der Waals surface area contributed by atoms with Crippen LogP contribution in [-0.4, -0.2) is 35.1 Å². The second-order valence-electron chi connectivity index (χ2n) is 4.75. The minimum absolute atomic E-state index is 0.00810. The molecule has 3 N–H and O–H groups in total. The second-order valence-corrected chi connectivity index (χ2v) is 4.75. The standard InChI is InChI=1S/C14H20N2O2/c15-13-7-2-1-6-12(13)14(18)16-9-4-3-5-11(16)8-10-17/h1-2,6-7,11,17H,3-5,8-10,15H2. The van der Waals surface area contributed by atoms with Gasteiger partial charge in [-0.15, -0.1) is 0 Å². The highest BCUT2D eigenvalue weighted by atomic mass is 16.3. The molecule has 1 aromatic carbocycles. The number of hydrogen-bond acceptors (Lipinski definition) is 3. The molecule has 4 heteroatoms. The van der Waals surface area contributed by atoms with E-state index in [2.05, 4.69) is 0 Å². The molecule has 1 unspecified atom stereocenters. The maximum atomic E-state index is 12.5. The van der Waals surface area contributed by atoms with E-state index in [1.807, 2.05) is 17.0 Å². The van der Waals surface area contributed by atoms with E-state index in [0.717, 1.165) is 25.8 Å². The van der Waals surface area contributed by atoms with Crippen molar-refractivity contribution in [3.8, 4) is 0 Å². The molecule has 4 nitrogen and oxygen atoms in total. The first-order chi connectivity index (χ1) is 8.74. The third-order valence-electron chi connectivity index (χ3n) is 3.54. The van der Waals surface area contributed by atoms with E-state index in [1.165, 1.54) is 0 Å². The lowest BCUT2D eigenvalue weighted by atomic mass is 9.98. The van der Waals surface area contributed by atoms with Gasteiger partial charge in [0.15, 0.2) is 0 Å². The number of nitrogens with zero attached hydrogens (tertiary/aromatic N) is 1. The zero-order valence-corrected chi connectivity index (χ0v) is 10.5.